The quantitative estimate of drug-likeness (QED) is 0.258. The molecule has 220 valence electrons. The lowest BCUT2D eigenvalue weighted by Gasteiger charge is -2.22. The van der Waals surface area contributed by atoms with Crippen LogP contribution in [-0.4, -0.2) is 49.8 Å². The molecule has 1 aliphatic heterocycles. The Hall–Kier alpha value is -5.00. The number of nitrogens with zero attached hydrogens (tertiary/aromatic N) is 2. The van der Waals surface area contributed by atoms with Crippen molar-refractivity contribution in [1.82, 2.24) is 9.73 Å². The number of hydrogen-bond donors (Lipinski definition) is 2. The largest absolute Gasteiger partial charge is 0.507 e. The minimum absolute atomic E-state index is 0.0367. The number of methoxy groups -OCH3 is 1. The highest BCUT2D eigenvalue weighted by molar-refractivity contribution is 7.89. The van der Waals surface area contributed by atoms with E-state index < -0.39 is 45.9 Å². The second-order valence-corrected chi connectivity index (χ2v) is 11.5. The van der Waals surface area contributed by atoms with Gasteiger partial charge in [0.2, 0.25) is 10.0 Å². The number of sulfonamides is 1. The molecule has 1 atom stereocenters. The van der Waals surface area contributed by atoms with E-state index in [-0.39, 0.29) is 11.4 Å². The predicted octanol–water partition coefficient (Wildman–Crippen LogP) is 4.41. The molecule has 0 bridgehead atoms. The number of ether oxygens (including phenoxy) is 2. The molecule has 0 aromatic heterocycles. The van der Waals surface area contributed by atoms with Crippen molar-refractivity contribution in [2.75, 3.05) is 13.7 Å². The number of phenols is 1. The van der Waals surface area contributed by atoms with E-state index >= 15 is 0 Å². The number of carbonyl (C=O) groups is 2. The van der Waals surface area contributed by atoms with Crippen molar-refractivity contribution in [1.29, 1.82) is 0 Å². The van der Waals surface area contributed by atoms with Crippen molar-refractivity contribution < 1.29 is 32.6 Å². The molecule has 4 aromatic carbocycles. The summed E-state index contributed by atoms with van der Waals surface area (Å²) < 4.78 is 38.7. The van der Waals surface area contributed by atoms with E-state index in [0.717, 1.165) is 28.8 Å². The molecule has 10 nitrogen and oxygen atoms in total. The summed E-state index contributed by atoms with van der Waals surface area (Å²) in [6.45, 7) is -0.644. The van der Waals surface area contributed by atoms with Gasteiger partial charge in [-0.15, -0.1) is 0 Å². The van der Waals surface area contributed by atoms with Crippen molar-refractivity contribution in [3.8, 4) is 11.5 Å². The number of aromatic hydroxyl groups is 1. The van der Waals surface area contributed by atoms with Gasteiger partial charge in [0.05, 0.1) is 23.8 Å². The summed E-state index contributed by atoms with van der Waals surface area (Å²) in [5.74, 6) is -1.47. The van der Waals surface area contributed by atoms with Gasteiger partial charge in [0.15, 0.2) is 6.61 Å². The molecule has 4 aromatic rings. The fraction of sp³-hybridized carbons (Fsp3) is 0.156. The molecule has 1 amide bonds. The van der Waals surface area contributed by atoms with Crippen LogP contribution in [0.25, 0.3) is 0 Å². The van der Waals surface area contributed by atoms with Gasteiger partial charge in [0.1, 0.15) is 17.1 Å². The molecule has 0 saturated carbocycles. The Balaban J connectivity index is 1.31. The zero-order valence-corrected chi connectivity index (χ0v) is 24.0. The molecular formula is C32H29N3O7S. The highest BCUT2D eigenvalue weighted by Gasteiger charge is 2.34. The maximum atomic E-state index is 13.3. The van der Waals surface area contributed by atoms with Gasteiger partial charge in [0, 0.05) is 13.0 Å². The van der Waals surface area contributed by atoms with Gasteiger partial charge < -0.3 is 14.6 Å². The number of esters is 1. The normalized spacial score (nSPS) is 14.7. The fourth-order valence-corrected chi connectivity index (χ4v) is 5.65. The number of hydrazone groups is 1. The molecule has 0 spiro atoms. The van der Waals surface area contributed by atoms with E-state index in [1.807, 2.05) is 48.5 Å². The van der Waals surface area contributed by atoms with Crippen molar-refractivity contribution in [2.45, 2.75) is 23.9 Å². The smallest absolute Gasteiger partial charge is 0.342 e. The Kier molecular flexibility index (Phi) is 8.84. The Morgan fingerprint density at radius 3 is 2.30 bits per heavy atom. The van der Waals surface area contributed by atoms with Gasteiger partial charge in [0.25, 0.3) is 5.91 Å². The van der Waals surface area contributed by atoms with Crippen LogP contribution in [0.1, 0.15) is 39.5 Å². The minimum atomic E-state index is -4.02. The van der Waals surface area contributed by atoms with Gasteiger partial charge in [-0.25, -0.2) is 22.9 Å². The van der Waals surface area contributed by atoms with Gasteiger partial charge in [-0.1, -0.05) is 72.8 Å². The Morgan fingerprint density at radius 2 is 1.63 bits per heavy atom. The van der Waals surface area contributed by atoms with Crippen molar-refractivity contribution >= 4 is 27.6 Å². The first-order valence-corrected chi connectivity index (χ1v) is 14.9. The lowest BCUT2D eigenvalue weighted by Crippen LogP contribution is -2.31. The third-order valence-electron chi connectivity index (χ3n) is 6.91. The zero-order chi connectivity index (χ0) is 30.4. The molecule has 1 aliphatic rings. The van der Waals surface area contributed by atoms with Crippen LogP contribution >= 0.6 is 0 Å². The van der Waals surface area contributed by atoms with Gasteiger partial charge >= 0.3 is 5.97 Å². The van der Waals surface area contributed by atoms with Crippen LogP contribution in [0.15, 0.2) is 113 Å². The summed E-state index contributed by atoms with van der Waals surface area (Å²) in [5.41, 5.74) is 2.72. The molecule has 43 heavy (non-hydrogen) atoms. The Morgan fingerprint density at radius 1 is 0.953 bits per heavy atom. The standard InChI is InChI=1S/C32H29N3O7S/c1-41-25-14-12-24(13-15-25)29-19-28(23-10-6-3-7-11-23)34-35(29)31(37)21-42-32(38)27-18-26(16-17-30(27)36)43(39,40)33-20-22-8-4-2-5-9-22/h2-18,29,33,36H,19-21H2,1H3. The highest BCUT2D eigenvalue weighted by atomic mass is 32.2. The summed E-state index contributed by atoms with van der Waals surface area (Å²) in [6.07, 6.45) is 0.437. The fourth-order valence-electron chi connectivity index (χ4n) is 4.61. The van der Waals surface area contributed by atoms with Crippen LogP contribution in [0, 0.1) is 0 Å². The highest BCUT2D eigenvalue weighted by Crippen LogP contribution is 2.34. The molecule has 0 aliphatic carbocycles. The second-order valence-electron chi connectivity index (χ2n) is 9.71. The van der Waals surface area contributed by atoms with Gasteiger partial charge in [-0.2, -0.15) is 5.10 Å². The molecule has 5 rings (SSSR count). The molecule has 0 radical (unpaired) electrons. The zero-order valence-electron chi connectivity index (χ0n) is 23.2. The Bertz CT molecular complexity index is 1740. The SMILES string of the molecule is COc1ccc(C2CC(c3ccccc3)=NN2C(=O)COC(=O)c2cc(S(=O)(=O)NCc3ccccc3)ccc2O)cc1. The topological polar surface area (TPSA) is 135 Å². The number of amides is 1. The van der Waals surface area contributed by atoms with Crippen molar-refractivity contribution in [3.63, 3.8) is 0 Å². The first kappa shape index (κ1) is 29.5. The first-order chi connectivity index (χ1) is 20.7. The van der Waals surface area contributed by atoms with Crippen LogP contribution < -0.4 is 9.46 Å². The second kappa shape index (κ2) is 12.9. The maximum absolute atomic E-state index is 13.3. The van der Waals surface area contributed by atoms with Crippen LogP contribution in [0.2, 0.25) is 0 Å². The molecule has 1 heterocycles. The summed E-state index contributed by atoms with van der Waals surface area (Å²) in [7, 11) is -2.46. The van der Waals surface area contributed by atoms with Crippen LogP contribution in [0.3, 0.4) is 0 Å². The number of carbonyl (C=O) groups excluding carboxylic acids is 2. The lowest BCUT2D eigenvalue weighted by molar-refractivity contribution is -0.136. The number of rotatable bonds is 10. The van der Waals surface area contributed by atoms with E-state index in [4.69, 9.17) is 9.47 Å². The van der Waals surface area contributed by atoms with Crippen molar-refractivity contribution in [2.24, 2.45) is 5.10 Å². The molecule has 0 fully saturated rings. The molecule has 2 N–H and O–H groups in total. The van der Waals surface area contributed by atoms with E-state index in [1.165, 1.54) is 11.1 Å². The molecular weight excluding hydrogens is 570 g/mol. The monoisotopic (exact) mass is 599 g/mol. The van der Waals surface area contributed by atoms with Crippen LogP contribution in [0.4, 0.5) is 0 Å². The Labute approximate surface area is 249 Å². The number of nitrogens with one attached hydrogen (secondary N) is 1. The third kappa shape index (κ3) is 6.91. The number of benzene rings is 4. The lowest BCUT2D eigenvalue weighted by atomic mass is 9.98. The van der Waals surface area contributed by atoms with E-state index in [9.17, 15) is 23.1 Å². The number of hydrogen-bond acceptors (Lipinski definition) is 8. The van der Waals surface area contributed by atoms with E-state index in [2.05, 4.69) is 9.82 Å². The maximum Gasteiger partial charge on any atom is 0.342 e. The molecule has 11 heteroatoms. The summed E-state index contributed by atoms with van der Waals surface area (Å²) >= 11 is 0. The predicted molar refractivity (Wildman–Crippen MR) is 159 cm³/mol. The van der Waals surface area contributed by atoms with Gasteiger partial charge in [-0.3, -0.25) is 4.79 Å². The first-order valence-electron chi connectivity index (χ1n) is 13.4. The van der Waals surface area contributed by atoms with E-state index in [0.29, 0.717) is 17.9 Å². The average Bonchev–Trinajstić information content (AvgIpc) is 3.49. The summed E-state index contributed by atoms with van der Waals surface area (Å²) in [4.78, 5) is 26.0. The molecule has 1 unspecified atom stereocenters. The van der Waals surface area contributed by atoms with Crippen LogP contribution in [-0.2, 0) is 26.1 Å². The van der Waals surface area contributed by atoms with Crippen LogP contribution in [0.5, 0.6) is 11.5 Å². The summed E-state index contributed by atoms with van der Waals surface area (Å²) in [6, 6.07) is 28.5. The number of phenolic OH excluding ortho intramolecular Hbond substituents is 1. The minimum Gasteiger partial charge on any atom is -0.507 e. The van der Waals surface area contributed by atoms with E-state index in [1.54, 1.807) is 43.5 Å². The molecule has 0 saturated heterocycles. The third-order valence-corrected chi connectivity index (χ3v) is 8.31. The average molecular weight is 600 g/mol. The van der Waals surface area contributed by atoms with Crippen molar-refractivity contribution in [3.05, 3.63) is 125 Å². The summed E-state index contributed by atoms with van der Waals surface area (Å²) in [5, 5.41) is 16.1. The van der Waals surface area contributed by atoms with Gasteiger partial charge in [-0.05, 0) is 47.0 Å².